The Morgan fingerprint density at radius 3 is 2.57 bits per heavy atom. The molecule has 0 bridgehead atoms. The number of hydrogen-bond donors (Lipinski definition) is 1. The van der Waals surface area contributed by atoms with Crippen LogP contribution in [0.3, 0.4) is 0 Å². The molecule has 1 unspecified atom stereocenters. The summed E-state index contributed by atoms with van der Waals surface area (Å²) in [6.45, 7) is 8.91. The Labute approximate surface area is 130 Å². The molecular formula is C15H23ClN4O. The topological polar surface area (TPSA) is 55.9 Å². The van der Waals surface area contributed by atoms with Crippen LogP contribution < -0.4 is 0 Å². The number of rotatable bonds is 6. The van der Waals surface area contributed by atoms with Gasteiger partial charge in [0, 0.05) is 30.8 Å². The summed E-state index contributed by atoms with van der Waals surface area (Å²) in [6, 6.07) is 0.280. The molecule has 2 aromatic rings. The fourth-order valence-corrected chi connectivity index (χ4v) is 2.67. The summed E-state index contributed by atoms with van der Waals surface area (Å²) < 4.78 is 3.71. The molecule has 0 spiro atoms. The van der Waals surface area contributed by atoms with Gasteiger partial charge in [0.25, 0.3) is 0 Å². The van der Waals surface area contributed by atoms with Crippen molar-refractivity contribution in [2.45, 2.75) is 59.2 Å². The summed E-state index contributed by atoms with van der Waals surface area (Å²) in [5, 5.41) is 19.9. The summed E-state index contributed by atoms with van der Waals surface area (Å²) >= 11 is 6.38. The predicted octanol–water partition coefficient (Wildman–Crippen LogP) is 3.17. The van der Waals surface area contributed by atoms with E-state index in [2.05, 4.69) is 24.0 Å². The molecule has 0 radical (unpaired) electrons. The predicted molar refractivity (Wildman–Crippen MR) is 83.6 cm³/mol. The second-order valence-corrected chi connectivity index (χ2v) is 5.82. The van der Waals surface area contributed by atoms with Gasteiger partial charge in [-0.1, -0.05) is 18.5 Å². The average molecular weight is 311 g/mol. The molecule has 2 aromatic heterocycles. The van der Waals surface area contributed by atoms with Gasteiger partial charge < -0.3 is 5.11 Å². The van der Waals surface area contributed by atoms with Crippen LogP contribution in [0.25, 0.3) is 0 Å². The van der Waals surface area contributed by atoms with E-state index >= 15 is 0 Å². The third-order valence-electron chi connectivity index (χ3n) is 3.62. The summed E-state index contributed by atoms with van der Waals surface area (Å²) in [7, 11) is 0. The molecule has 0 aliphatic heterocycles. The van der Waals surface area contributed by atoms with Crippen LogP contribution in [0.4, 0.5) is 0 Å². The lowest BCUT2D eigenvalue weighted by Gasteiger charge is -2.11. The van der Waals surface area contributed by atoms with Crippen molar-refractivity contribution in [1.29, 1.82) is 0 Å². The van der Waals surface area contributed by atoms with Crippen LogP contribution >= 0.6 is 11.6 Å². The first-order chi connectivity index (χ1) is 9.97. The lowest BCUT2D eigenvalue weighted by molar-refractivity contribution is 0.175. The van der Waals surface area contributed by atoms with Gasteiger partial charge in [0.2, 0.25) is 0 Å². The maximum absolute atomic E-state index is 10.4. The normalized spacial score (nSPS) is 13.1. The molecule has 1 atom stereocenters. The Balaban J connectivity index is 2.22. The number of nitrogens with zero attached hydrogens (tertiary/aromatic N) is 4. The van der Waals surface area contributed by atoms with Crippen LogP contribution in [0.1, 0.15) is 56.8 Å². The first-order valence-corrected chi connectivity index (χ1v) is 7.81. The highest BCUT2D eigenvalue weighted by Gasteiger charge is 2.19. The zero-order valence-corrected chi connectivity index (χ0v) is 13.8. The first kappa shape index (κ1) is 16.0. The Morgan fingerprint density at radius 1 is 1.33 bits per heavy atom. The number of aliphatic hydroxyl groups is 1. The summed E-state index contributed by atoms with van der Waals surface area (Å²) in [5.41, 5.74) is 2.58. The molecule has 1 N–H and O–H groups in total. The quantitative estimate of drug-likeness (QED) is 0.891. The largest absolute Gasteiger partial charge is 0.388 e. The molecule has 2 heterocycles. The first-order valence-electron chi connectivity index (χ1n) is 7.44. The molecule has 0 aliphatic carbocycles. The Kier molecular flexibility index (Phi) is 5.06. The van der Waals surface area contributed by atoms with E-state index in [4.69, 9.17) is 11.6 Å². The van der Waals surface area contributed by atoms with Crippen LogP contribution in [0.5, 0.6) is 0 Å². The smallest absolute Gasteiger partial charge is 0.0876 e. The summed E-state index contributed by atoms with van der Waals surface area (Å²) in [6.07, 6.45) is 4.22. The maximum Gasteiger partial charge on any atom is 0.0876 e. The van der Waals surface area contributed by atoms with Crippen molar-refractivity contribution in [1.82, 2.24) is 19.6 Å². The highest BCUT2D eigenvalue weighted by molar-refractivity contribution is 6.31. The van der Waals surface area contributed by atoms with E-state index in [0.717, 1.165) is 29.9 Å². The molecule has 0 aromatic carbocycles. The van der Waals surface area contributed by atoms with E-state index < -0.39 is 6.10 Å². The monoisotopic (exact) mass is 310 g/mol. The summed E-state index contributed by atoms with van der Waals surface area (Å²) in [5.74, 6) is 0. The SMILES string of the molecule is CCc1nn(CC)c(CC(O)c2cnn(C(C)C)c2)c1Cl. The molecule has 116 valence electrons. The highest BCUT2D eigenvalue weighted by Crippen LogP contribution is 2.27. The molecule has 0 saturated heterocycles. The van der Waals surface area contributed by atoms with E-state index in [9.17, 15) is 5.11 Å². The van der Waals surface area contributed by atoms with Gasteiger partial charge in [0.15, 0.2) is 0 Å². The van der Waals surface area contributed by atoms with Crippen LogP contribution in [0.15, 0.2) is 12.4 Å². The van der Waals surface area contributed by atoms with Crippen LogP contribution in [-0.4, -0.2) is 24.7 Å². The molecule has 0 fully saturated rings. The van der Waals surface area contributed by atoms with E-state index in [1.165, 1.54) is 0 Å². The standard InChI is InChI=1S/C15H23ClN4O/c1-5-12-15(16)13(19(6-2)18-12)7-14(21)11-8-17-20(9-11)10(3)4/h8-10,14,21H,5-7H2,1-4H3. The fraction of sp³-hybridized carbons (Fsp3) is 0.600. The Bertz CT molecular complexity index is 603. The van der Waals surface area contributed by atoms with E-state index in [1.807, 2.05) is 29.4 Å². The molecule has 0 aliphatic rings. The zero-order chi connectivity index (χ0) is 15.6. The number of aromatic nitrogens is 4. The van der Waals surface area contributed by atoms with Crippen molar-refractivity contribution in [2.24, 2.45) is 0 Å². The highest BCUT2D eigenvalue weighted by atomic mass is 35.5. The van der Waals surface area contributed by atoms with Crippen molar-refractivity contribution >= 4 is 11.6 Å². The number of halogens is 1. The van der Waals surface area contributed by atoms with Gasteiger partial charge in [-0.25, -0.2) is 0 Å². The minimum absolute atomic E-state index is 0.280. The summed E-state index contributed by atoms with van der Waals surface area (Å²) in [4.78, 5) is 0. The average Bonchev–Trinajstić information content (AvgIpc) is 3.05. The van der Waals surface area contributed by atoms with E-state index in [-0.39, 0.29) is 6.04 Å². The van der Waals surface area contributed by atoms with Gasteiger partial charge in [-0.2, -0.15) is 10.2 Å². The van der Waals surface area contributed by atoms with E-state index in [1.54, 1.807) is 6.20 Å². The van der Waals surface area contributed by atoms with Crippen molar-refractivity contribution in [3.63, 3.8) is 0 Å². The number of aliphatic hydroxyl groups excluding tert-OH is 1. The Hall–Kier alpha value is -1.33. The van der Waals surface area contributed by atoms with Gasteiger partial charge in [-0.05, 0) is 27.2 Å². The number of hydrogen-bond acceptors (Lipinski definition) is 3. The second-order valence-electron chi connectivity index (χ2n) is 5.44. The van der Waals surface area contributed by atoms with E-state index in [0.29, 0.717) is 11.4 Å². The van der Waals surface area contributed by atoms with Crippen molar-refractivity contribution in [2.75, 3.05) is 0 Å². The Morgan fingerprint density at radius 2 is 2.05 bits per heavy atom. The molecule has 5 nitrogen and oxygen atoms in total. The van der Waals surface area contributed by atoms with Crippen LogP contribution in [0, 0.1) is 0 Å². The molecule has 0 saturated carbocycles. The van der Waals surface area contributed by atoms with Crippen molar-refractivity contribution < 1.29 is 5.11 Å². The maximum atomic E-state index is 10.4. The molecule has 2 rings (SSSR count). The third kappa shape index (κ3) is 3.30. The molecule has 0 amide bonds. The van der Waals surface area contributed by atoms with Gasteiger partial charge in [-0.15, -0.1) is 0 Å². The minimum Gasteiger partial charge on any atom is -0.388 e. The van der Waals surface area contributed by atoms with Crippen molar-refractivity contribution in [3.05, 3.63) is 34.4 Å². The number of aryl methyl sites for hydroxylation is 2. The molecule has 21 heavy (non-hydrogen) atoms. The lowest BCUT2D eigenvalue weighted by Crippen LogP contribution is -2.08. The van der Waals surface area contributed by atoms with Crippen LogP contribution in [0.2, 0.25) is 5.02 Å². The molecular weight excluding hydrogens is 288 g/mol. The van der Waals surface area contributed by atoms with Crippen molar-refractivity contribution in [3.8, 4) is 0 Å². The van der Waals surface area contributed by atoms with Gasteiger partial charge in [0.05, 0.1) is 28.7 Å². The lowest BCUT2D eigenvalue weighted by atomic mass is 10.1. The third-order valence-corrected chi connectivity index (χ3v) is 4.05. The van der Waals surface area contributed by atoms with Gasteiger partial charge in [-0.3, -0.25) is 9.36 Å². The second kappa shape index (κ2) is 6.62. The zero-order valence-electron chi connectivity index (χ0n) is 13.0. The van der Waals surface area contributed by atoms with Crippen LogP contribution in [-0.2, 0) is 19.4 Å². The minimum atomic E-state index is -0.623. The fourth-order valence-electron chi connectivity index (χ4n) is 2.32. The molecule has 6 heteroatoms. The van der Waals surface area contributed by atoms with Gasteiger partial charge in [0.1, 0.15) is 0 Å². The van der Waals surface area contributed by atoms with Gasteiger partial charge >= 0.3 is 0 Å².